The summed E-state index contributed by atoms with van der Waals surface area (Å²) in [4.78, 5) is 63.3. The van der Waals surface area contributed by atoms with E-state index in [2.05, 4.69) is 0 Å². The van der Waals surface area contributed by atoms with Crippen LogP contribution in [0.25, 0.3) is 0 Å². The zero-order valence-electron chi connectivity index (χ0n) is 17.9. The molecule has 2 bridgehead atoms. The topological polar surface area (TPSA) is 126 Å². The Morgan fingerprint density at radius 3 is 2.42 bits per heavy atom. The molecule has 2 saturated heterocycles. The van der Waals surface area contributed by atoms with Gasteiger partial charge in [-0.25, -0.2) is 9.69 Å². The molecule has 0 aliphatic carbocycles. The van der Waals surface area contributed by atoms with E-state index in [1.54, 1.807) is 13.0 Å². The van der Waals surface area contributed by atoms with Crippen molar-refractivity contribution >= 4 is 47.0 Å². The Bertz CT molecular complexity index is 1080. The van der Waals surface area contributed by atoms with Crippen LogP contribution in [0, 0.1) is 11.8 Å². The molecular formula is C22H20ClNO9. The molecule has 0 saturated carbocycles. The van der Waals surface area contributed by atoms with Gasteiger partial charge >= 0.3 is 17.9 Å². The van der Waals surface area contributed by atoms with Crippen LogP contribution in [0.2, 0.25) is 5.02 Å². The van der Waals surface area contributed by atoms with Crippen LogP contribution in [0.1, 0.15) is 31.1 Å². The van der Waals surface area contributed by atoms with Crippen LogP contribution in [0.15, 0.2) is 30.4 Å². The third-order valence-electron chi connectivity index (χ3n) is 5.70. The molecule has 2 amide bonds. The maximum Gasteiger partial charge on any atom is 0.339 e. The molecule has 0 unspecified atom stereocenters. The Morgan fingerprint density at radius 1 is 1.15 bits per heavy atom. The highest BCUT2D eigenvalue weighted by molar-refractivity contribution is 6.34. The molecule has 0 N–H and O–H groups in total. The average Bonchev–Trinajstić information content (AvgIpc) is 3.39. The zero-order valence-corrected chi connectivity index (χ0v) is 18.7. The number of fused-ring (bicyclic) bond motifs is 5. The van der Waals surface area contributed by atoms with Crippen molar-refractivity contribution in [3.63, 3.8) is 0 Å². The molecule has 4 rings (SSSR count). The SMILES string of the molecule is CCOC(=O)c1cc(N2C(=O)[C@@H]3[C@@H]4C=C[C@@](C(OC(C)=O)OC(C)=O)(O4)[C@@H]3C2=O)ccc1Cl. The van der Waals surface area contributed by atoms with Crippen molar-refractivity contribution in [1.82, 2.24) is 0 Å². The normalized spacial score (nSPS) is 27.2. The van der Waals surface area contributed by atoms with Gasteiger partial charge in [0, 0.05) is 13.8 Å². The molecule has 174 valence electrons. The summed E-state index contributed by atoms with van der Waals surface area (Å²) in [7, 11) is 0. The molecule has 0 radical (unpaired) electrons. The molecule has 10 nitrogen and oxygen atoms in total. The number of nitrogens with zero attached hydrogens (tertiary/aromatic N) is 1. The Balaban J connectivity index is 1.73. The number of halogens is 1. The molecule has 3 aliphatic rings. The van der Waals surface area contributed by atoms with Gasteiger partial charge in [0.05, 0.1) is 40.8 Å². The zero-order chi connectivity index (χ0) is 24.1. The predicted molar refractivity (Wildman–Crippen MR) is 111 cm³/mol. The number of imide groups is 1. The Hall–Kier alpha value is -3.24. The van der Waals surface area contributed by atoms with Crippen molar-refractivity contribution < 1.29 is 42.9 Å². The molecule has 11 heteroatoms. The lowest BCUT2D eigenvalue weighted by atomic mass is 9.76. The van der Waals surface area contributed by atoms with Crippen LogP contribution in [-0.2, 0) is 38.1 Å². The van der Waals surface area contributed by atoms with E-state index >= 15 is 0 Å². The van der Waals surface area contributed by atoms with Crippen molar-refractivity contribution in [2.45, 2.75) is 38.8 Å². The van der Waals surface area contributed by atoms with E-state index in [9.17, 15) is 24.0 Å². The predicted octanol–water partition coefficient (Wildman–Crippen LogP) is 1.78. The molecule has 4 atom stereocenters. The van der Waals surface area contributed by atoms with Gasteiger partial charge in [-0.1, -0.05) is 17.7 Å². The molecule has 0 spiro atoms. The minimum absolute atomic E-state index is 0.00145. The number of esters is 3. The van der Waals surface area contributed by atoms with Crippen molar-refractivity contribution in [2.75, 3.05) is 11.5 Å². The number of hydrogen-bond acceptors (Lipinski definition) is 9. The highest BCUT2D eigenvalue weighted by Crippen LogP contribution is 2.54. The van der Waals surface area contributed by atoms with Gasteiger partial charge in [-0.3, -0.25) is 19.2 Å². The average molecular weight is 478 g/mol. The molecule has 1 aromatic carbocycles. The summed E-state index contributed by atoms with van der Waals surface area (Å²) in [5.41, 5.74) is -1.54. The highest BCUT2D eigenvalue weighted by atomic mass is 35.5. The van der Waals surface area contributed by atoms with Gasteiger partial charge in [0.15, 0.2) is 5.60 Å². The summed E-state index contributed by atoms with van der Waals surface area (Å²) in [6, 6.07) is 4.12. The summed E-state index contributed by atoms with van der Waals surface area (Å²) in [6.07, 6.45) is 0.695. The first-order chi connectivity index (χ1) is 15.6. The summed E-state index contributed by atoms with van der Waals surface area (Å²) in [5, 5.41) is 0.0998. The summed E-state index contributed by atoms with van der Waals surface area (Å²) < 4.78 is 21.2. The van der Waals surface area contributed by atoms with Gasteiger partial charge in [-0.05, 0) is 31.2 Å². The lowest BCUT2D eigenvalue weighted by Crippen LogP contribution is -2.52. The van der Waals surface area contributed by atoms with E-state index < -0.39 is 59.6 Å². The third-order valence-corrected chi connectivity index (χ3v) is 6.03. The van der Waals surface area contributed by atoms with E-state index in [0.717, 1.165) is 18.7 Å². The maximum atomic E-state index is 13.5. The second kappa shape index (κ2) is 8.27. The van der Waals surface area contributed by atoms with E-state index in [1.165, 1.54) is 24.3 Å². The maximum absolute atomic E-state index is 13.5. The Kier molecular flexibility index (Phi) is 5.75. The lowest BCUT2D eigenvalue weighted by molar-refractivity contribution is -0.226. The summed E-state index contributed by atoms with van der Waals surface area (Å²) >= 11 is 6.10. The fourth-order valence-corrected chi connectivity index (χ4v) is 4.68. The number of benzene rings is 1. The standard InChI is InChI=1S/C22H20ClNO9/c1-4-30-20(29)13-9-12(5-6-14(13)23)24-18(27)16-15-7-8-22(33-15,17(16)19(24)28)21(31-10(2)25)32-11(3)26/h5-9,15-17,21H,4H2,1-3H3/t15-,16+,17-,22+/m0/s1. The molecular weight excluding hydrogens is 458 g/mol. The number of ether oxygens (including phenoxy) is 4. The molecule has 33 heavy (non-hydrogen) atoms. The summed E-state index contributed by atoms with van der Waals surface area (Å²) in [5.74, 6) is -5.49. The van der Waals surface area contributed by atoms with Crippen LogP contribution < -0.4 is 4.90 Å². The van der Waals surface area contributed by atoms with Crippen molar-refractivity contribution in [1.29, 1.82) is 0 Å². The first-order valence-electron chi connectivity index (χ1n) is 10.2. The van der Waals surface area contributed by atoms with Crippen LogP contribution >= 0.6 is 11.6 Å². The Morgan fingerprint density at radius 2 is 1.82 bits per heavy atom. The minimum Gasteiger partial charge on any atom is -0.462 e. The smallest absolute Gasteiger partial charge is 0.339 e. The van der Waals surface area contributed by atoms with E-state index in [4.69, 9.17) is 30.5 Å². The lowest BCUT2D eigenvalue weighted by Gasteiger charge is -2.34. The van der Waals surface area contributed by atoms with Crippen LogP contribution in [0.3, 0.4) is 0 Å². The highest BCUT2D eigenvalue weighted by Gasteiger charge is 2.72. The number of carbonyl (C=O) groups is 5. The largest absolute Gasteiger partial charge is 0.462 e. The first kappa shape index (κ1) is 22.9. The van der Waals surface area contributed by atoms with Crippen molar-refractivity contribution in [3.05, 3.63) is 40.9 Å². The number of hydrogen-bond donors (Lipinski definition) is 0. The summed E-state index contributed by atoms with van der Waals surface area (Å²) in [6.45, 7) is 3.99. The van der Waals surface area contributed by atoms with Gasteiger partial charge in [0.25, 0.3) is 6.29 Å². The fraction of sp³-hybridized carbons (Fsp3) is 0.409. The molecule has 2 fully saturated rings. The number of rotatable bonds is 6. The van der Waals surface area contributed by atoms with Crippen LogP contribution in [0.4, 0.5) is 5.69 Å². The minimum atomic E-state index is -1.66. The monoisotopic (exact) mass is 477 g/mol. The Labute approximate surface area is 193 Å². The van der Waals surface area contributed by atoms with Gasteiger partial charge < -0.3 is 18.9 Å². The van der Waals surface area contributed by atoms with E-state index in [0.29, 0.717) is 0 Å². The fourth-order valence-electron chi connectivity index (χ4n) is 4.49. The van der Waals surface area contributed by atoms with E-state index in [-0.39, 0.29) is 22.9 Å². The van der Waals surface area contributed by atoms with Crippen LogP contribution in [0.5, 0.6) is 0 Å². The van der Waals surface area contributed by atoms with Crippen LogP contribution in [-0.4, -0.2) is 54.3 Å². The number of anilines is 1. The van der Waals surface area contributed by atoms with Crippen molar-refractivity contribution in [2.24, 2.45) is 11.8 Å². The molecule has 3 aliphatic heterocycles. The molecule has 0 aromatic heterocycles. The third kappa shape index (κ3) is 3.59. The number of carbonyl (C=O) groups excluding carboxylic acids is 5. The van der Waals surface area contributed by atoms with Gasteiger partial charge in [-0.15, -0.1) is 0 Å². The quantitative estimate of drug-likeness (QED) is 0.261. The second-order valence-electron chi connectivity index (χ2n) is 7.75. The molecule has 3 heterocycles. The van der Waals surface area contributed by atoms with Crippen molar-refractivity contribution in [3.8, 4) is 0 Å². The number of amides is 2. The van der Waals surface area contributed by atoms with E-state index in [1.807, 2.05) is 0 Å². The molecule has 1 aromatic rings. The van der Waals surface area contributed by atoms with Gasteiger partial charge in [0.2, 0.25) is 11.8 Å². The first-order valence-corrected chi connectivity index (χ1v) is 10.5. The second-order valence-corrected chi connectivity index (χ2v) is 8.15. The van der Waals surface area contributed by atoms with Gasteiger partial charge in [-0.2, -0.15) is 0 Å². The van der Waals surface area contributed by atoms with Gasteiger partial charge in [0.1, 0.15) is 0 Å².